The molecule has 80 valence electrons. The highest BCUT2D eigenvalue weighted by Crippen LogP contribution is 2.20. The maximum atomic E-state index is 8.96. The zero-order chi connectivity index (χ0) is 12.3. The second-order valence-corrected chi connectivity index (χ2v) is 3.26. The Morgan fingerprint density at radius 3 is 2.31 bits per heavy atom. The summed E-state index contributed by atoms with van der Waals surface area (Å²) in [6.07, 6.45) is 1.61. The molecule has 3 N–H and O–H groups in total. The number of nitrogens with one attached hydrogen (secondary N) is 1. The third-order valence-electron chi connectivity index (χ3n) is 2.07. The topological polar surface area (TPSA) is 107 Å². The molecule has 0 aromatic heterocycles. The van der Waals surface area contributed by atoms with Crippen molar-refractivity contribution >= 4 is 5.90 Å². The molecule has 0 unspecified atom stereocenters. The average molecular weight is 214 g/mol. The number of hydrogen-bond acceptors (Lipinski definition) is 5. The van der Waals surface area contributed by atoms with Crippen LogP contribution in [0.15, 0.2) is 34.3 Å². The molecule has 5 nitrogen and oxygen atoms in total. The molecule has 1 rings (SSSR count). The summed E-state index contributed by atoms with van der Waals surface area (Å²) in [5.41, 5.74) is 6.33. The van der Waals surface area contributed by atoms with Crippen LogP contribution in [0.25, 0.3) is 0 Å². The average Bonchev–Trinajstić information content (AvgIpc) is 2.17. The van der Waals surface area contributed by atoms with Gasteiger partial charge in [-0.1, -0.05) is 0 Å². The van der Waals surface area contributed by atoms with Crippen LogP contribution in [-0.4, -0.2) is 5.90 Å². The van der Waals surface area contributed by atoms with E-state index in [0.29, 0.717) is 11.3 Å². The van der Waals surface area contributed by atoms with E-state index in [1.54, 1.807) is 26.0 Å². The first-order valence-corrected chi connectivity index (χ1v) is 4.47. The van der Waals surface area contributed by atoms with Gasteiger partial charge in [0.1, 0.15) is 23.5 Å². The van der Waals surface area contributed by atoms with E-state index < -0.39 is 0 Å². The monoisotopic (exact) mass is 214 g/mol. The van der Waals surface area contributed by atoms with Crippen molar-refractivity contribution < 1.29 is 4.74 Å². The van der Waals surface area contributed by atoms with E-state index in [9.17, 15) is 0 Å². The van der Waals surface area contributed by atoms with Crippen LogP contribution in [0.2, 0.25) is 0 Å². The molecular formula is C11H10N4O. The molecule has 1 aliphatic rings. The second-order valence-electron chi connectivity index (χ2n) is 3.26. The molecule has 0 radical (unpaired) electrons. The fourth-order valence-corrected chi connectivity index (χ4v) is 1.34. The van der Waals surface area contributed by atoms with Crippen molar-refractivity contribution in [1.82, 2.24) is 0 Å². The molecule has 0 aliphatic carbocycles. The van der Waals surface area contributed by atoms with Gasteiger partial charge in [0.2, 0.25) is 5.90 Å². The minimum atomic E-state index is -0.339. The van der Waals surface area contributed by atoms with Gasteiger partial charge in [0.05, 0.1) is 11.3 Å². The summed E-state index contributed by atoms with van der Waals surface area (Å²) in [5.74, 6) is 0.101. The lowest BCUT2D eigenvalue weighted by molar-refractivity contribution is 0.414. The molecule has 0 atom stereocenters. The van der Waals surface area contributed by atoms with E-state index in [0.717, 1.165) is 0 Å². The van der Waals surface area contributed by atoms with E-state index in [2.05, 4.69) is 0 Å². The molecule has 0 fully saturated rings. The first kappa shape index (κ1) is 11.5. The summed E-state index contributed by atoms with van der Waals surface area (Å²) in [5, 5.41) is 25.4. The minimum Gasteiger partial charge on any atom is -0.443 e. The molecule has 0 aromatic carbocycles. The Morgan fingerprint density at radius 2 is 1.81 bits per heavy atom. The number of ether oxygens (including phenoxy) is 1. The van der Waals surface area contributed by atoms with Gasteiger partial charge in [-0.3, -0.25) is 5.41 Å². The summed E-state index contributed by atoms with van der Waals surface area (Å²) in [7, 11) is 0. The molecular weight excluding hydrogens is 204 g/mol. The van der Waals surface area contributed by atoms with Crippen molar-refractivity contribution in [1.29, 1.82) is 15.9 Å². The first-order chi connectivity index (χ1) is 7.51. The zero-order valence-corrected chi connectivity index (χ0v) is 8.96. The van der Waals surface area contributed by atoms with E-state index in [1.165, 1.54) is 0 Å². The van der Waals surface area contributed by atoms with Gasteiger partial charge in [-0.25, -0.2) is 0 Å². The van der Waals surface area contributed by atoms with Crippen molar-refractivity contribution in [3.63, 3.8) is 0 Å². The van der Waals surface area contributed by atoms with Gasteiger partial charge in [0.25, 0.3) is 0 Å². The number of nitrogens with zero attached hydrogens (tertiary/aromatic N) is 2. The highest BCUT2D eigenvalue weighted by Gasteiger charge is 2.18. The van der Waals surface area contributed by atoms with E-state index in [4.69, 9.17) is 26.4 Å². The lowest BCUT2D eigenvalue weighted by atomic mass is 10.0. The molecule has 0 aromatic rings. The standard InChI is InChI=1S/C11H10N4O/c1-6-3-7(2)16-11(15)9(5-13)10(14)8(6)4-12/h3,15H,14H2,1-2H3/b7-3-,8-6-,10-9+,15-11?. The Kier molecular flexibility index (Phi) is 3.12. The fraction of sp³-hybridized carbons (Fsp3) is 0.182. The Morgan fingerprint density at radius 1 is 1.25 bits per heavy atom. The fourth-order valence-electron chi connectivity index (χ4n) is 1.34. The van der Waals surface area contributed by atoms with Crippen LogP contribution in [0.1, 0.15) is 13.8 Å². The highest BCUT2D eigenvalue weighted by atomic mass is 16.5. The van der Waals surface area contributed by atoms with Crippen molar-refractivity contribution in [2.45, 2.75) is 13.8 Å². The Bertz CT molecular complexity index is 523. The Labute approximate surface area is 93.2 Å². The maximum absolute atomic E-state index is 8.96. The van der Waals surface area contributed by atoms with Crippen LogP contribution in [-0.2, 0) is 4.74 Å². The molecule has 1 heterocycles. The first-order valence-electron chi connectivity index (χ1n) is 4.47. The van der Waals surface area contributed by atoms with Crippen molar-refractivity contribution in [2.75, 3.05) is 0 Å². The molecule has 0 saturated heterocycles. The number of nitrogens with two attached hydrogens (primary N) is 1. The summed E-state index contributed by atoms with van der Waals surface area (Å²) < 4.78 is 5.07. The molecule has 0 spiro atoms. The van der Waals surface area contributed by atoms with Gasteiger partial charge >= 0.3 is 0 Å². The molecule has 5 heteroatoms. The third-order valence-corrected chi connectivity index (χ3v) is 2.07. The number of rotatable bonds is 0. The van der Waals surface area contributed by atoms with E-state index in [1.807, 2.05) is 6.07 Å². The van der Waals surface area contributed by atoms with Crippen LogP contribution in [0.4, 0.5) is 0 Å². The van der Waals surface area contributed by atoms with Crippen LogP contribution in [0, 0.1) is 28.1 Å². The predicted octanol–water partition coefficient (Wildman–Crippen LogP) is 1.47. The van der Waals surface area contributed by atoms with Gasteiger partial charge in [-0.05, 0) is 25.5 Å². The molecule has 1 aliphatic heterocycles. The molecule has 16 heavy (non-hydrogen) atoms. The summed E-state index contributed by atoms with van der Waals surface area (Å²) in [6, 6.07) is 3.69. The van der Waals surface area contributed by atoms with Gasteiger partial charge < -0.3 is 10.5 Å². The lowest BCUT2D eigenvalue weighted by Gasteiger charge is -2.13. The zero-order valence-electron chi connectivity index (χ0n) is 8.96. The van der Waals surface area contributed by atoms with Gasteiger partial charge in [0.15, 0.2) is 0 Å². The summed E-state index contributed by atoms with van der Waals surface area (Å²) in [6.45, 7) is 3.34. The summed E-state index contributed by atoms with van der Waals surface area (Å²) in [4.78, 5) is 0. The van der Waals surface area contributed by atoms with Crippen LogP contribution in [0.3, 0.4) is 0 Å². The summed E-state index contributed by atoms with van der Waals surface area (Å²) >= 11 is 0. The molecule has 0 amide bonds. The third kappa shape index (κ3) is 1.94. The number of hydrogen-bond donors (Lipinski definition) is 2. The largest absolute Gasteiger partial charge is 0.443 e. The van der Waals surface area contributed by atoms with E-state index >= 15 is 0 Å². The van der Waals surface area contributed by atoms with Gasteiger partial charge in [0, 0.05) is 0 Å². The normalized spacial score (nSPS) is 29.0. The van der Waals surface area contributed by atoms with Crippen LogP contribution in [0.5, 0.6) is 0 Å². The lowest BCUT2D eigenvalue weighted by Crippen LogP contribution is -2.15. The number of nitriles is 2. The quantitative estimate of drug-likeness (QED) is 0.636. The van der Waals surface area contributed by atoms with Crippen molar-refractivity contribution in [3.8, 4) is 12.1 Å². The highest BCUT2D eigenvalue weighted by molar-refractivity contribution is 5.97. The van der Waals surface area contributed by atoms with Crippen LogP contribution < -0.4 is 5.73 Å². The molecule has 0 bridgehead atoms. The van der Waals surface area contributed by atoms with Crippen molar-refractivity contribution in [2.24, 2.45) is 5.73 Å². The van der Waals surface area contributed by atoms with Crippen molar-refractivity contribution in [3.05, 3.63) is 34.3 Å². The minimum absolute atomic E-state index is 0.0174. The Balaban J connectivity index is 3.57. The predicted molar refractivity (Wildman–Crippen MR) is 57.7 cm³/mol. The number of allylic oxidation sites excluding steroid dienone is 4. The SMILES string of the molecule is C/C1=C/C(C)=C(C#N)\C(N)=C(\C#N)C(=N)O1. The van der Waals surface area contributed by atoms with Gasteiger partial charge in [-0.2, -0.15) is 10.5 Å². The van der Waals surface area contributed by atoms with Gasteiger partial charge in [-0.15, -0.1) is 0 Å². The smallest absolute Gasteiger partial charge is 0.231 e. The van der Waals surface area contributed by atoms with Crippen LogP contribution >= 0.6 is 0 Å². The Hall–Kier alpha value is -2.53. The second kappa shape index (κ2) is 4.33. The molecule has 0 saturated carbocycles. The van der Waals surface area contributed by atoms with E-state index in [-0.39, 0.29) is 22.7 Å². The maximum Gasteiger partial charge on any atom is 0.231 e.